The van der Waals surface area contributed by atoms with Crippen molar-refractivity contribution in [1.29, 1.82) is 0 Å². The lowest BCUT2D eigenvalue weighted by Crippen LogP contribution is -2.26. The third kappa shape index (κ3) is 4.03. The SMILES string of the molecule is CN(Cc1ccc(-n2cccn2)cc1)C(=O)CCCn1cnnn1. The van der Waals surface area contributed by atoms with Crippen molar-refractivity contribution in [2.24, 2.45) is 0 Å². The molecule has 2 aromatic heterocycles. The van der Waals surface area contributed by atoms with E-state index >= 15 is 0 Å². The lowest BCUT2D eigenvalue weighted by molar-refractivity contribution is -0.130. The Morgan fingerprint density at radius 1 is 1.25 bits per heavy atom. The fourth-order valence-electron chi connectivity index (χ4n) is 2.40. The molecule has 1 amide bonds. The molecule has 0 aliphatic rings. The smallest absolute Gasteiger partial charge is 0.222 e. The second-order valence-electron chi connectivity index (χ2n) is 5.54. The zero-order valence-corrected chi connectivity index (χ0v) is 13.5. The van der Waals surface area contributed by atoms with Crippen LogP contribution in [0, 0.1) is 0 Å². The molecule has 0 fully saturated rings. The summed E-state index contributed by atoms with van der Waals surface area (Å²) in [5.74, 6) is 0.110. The Balaban J connectivity index is 1.48. The van der Waals surface area contributed by atoms with E-state index < -0.39 is 0 Å². The van der Waals surface area contributed by atoms with Gasteiger partial charge in [-0.2, -0.15) is 5.10 Å². The molecule has 3 rings (SSSR count). The van der Waals surface area contributed by atoms with Crippen LogP contribution in [0.15, 0.2) is 49.1 Å². The molecule has 2 heterocycles. The maximum atomic E-state index is 12.2. The Hall–Kier alpha value is -3.03. The van der Waals surface area contributed by atoms with E-state index in [-0.39, 0.29) is 5.91 Å². The van der Waals surface area contributed by atoms with Gasteiger partial charge in [-0.05, 0) is 40.6 Å². The van der Waals surface area contributed by atoms with Crippen LogP contribution >= 0.6 is 0 Å². The Kier molecular flexibility index (Phi) is 4.95. The lowest BCUT2D eigenvalue weighted by Gasteiger charge is -2.17. The van der Waals surface area contributed by atoms with Crippen LogP contribution in [-0.4, -0.2) is 47.8 Å². The van der Waals surface area contributed by atoms with Crippen molar-refractivity contribution in [1.82, 2.24) is 34.9 Å². The topological polar surface area (TPSA) is 81.7 Å². The molecule has 8 nitrogen and oxygen atoms in total. The fraction of sp³-hybridized carbons (Fsp3) is 0.312. The molecule has 0 bridgehead atoms. The van der Waals surface area contributed by atoms with E-state index in [9.17, 15) is 4.79 Å². The molecule has 24 heavy (non-hydrogen) atoms. The van der Waals surface area contributed by atoms with Gasteiger partial charge in [0.25, 0.3) is 0 Å². The monoisotopic (exact) mass is 325 g/mol. The van der Waals surface area contributed by atoms with E-state index in [2.05, 4.69) is 20.6 Å². The third-order valence-corrected chi connectivity index (χ3v) is 3.72. The van der Waals surface area contributed by atoms with Crippen molar-refractivity contribution in [3.63, 3.8) is 0 Å². The average Bonchev–Trinajstić information content (AvgIpc) is 3.29. The molecule has 0 aliphatic heterocycles. The number of carbonyl (C=O) groups excluding carboxylic acids is 1. The number of carbonyl (C=O) groups is 1. The van der Waals surface area contributed by atoms with Crippen LogP contribution in [0.3, 0.4) is 0 Å². The summed E-state index contributed by atoms with van der Waals surface area (Å²) in [6.07, 6.45) is 6.38. The van der Waals surface area contributed by atoms with Crippen molar-refractivity contribution in [2.45, 2.75) is 25.9 Å². The summed E-state index contributed by atoms with van der Waals surface area (Å²) in [5, 5.41) is 15.1. The van der Waals surface area contributed by atoms with Crippen LogP contribution in [0.5, 0.6) is 0 Å². The summed E-state index contributed by atoms with van der Waals surface area (Å²) in [6.45, 7) is 1.23. The van der Waals surface area contributed by atoms with Gasteiger partial charge in [0.2, 0.25) is 5.91 Å². The summed E-state index contributed by atoms with van der Waals surface area (Å²) in [6, 6.07) is 9.91. The summed E-state index contributed by atoms with van der Waals surface area (Å²) >= 11 is 0. The average molecular weight is 325 g/mol. The quantitative estimate of drug-likeness (QED) is 0.654. The molecule has 8 heteroatoms. The van der Waals surface area contributed by atoms with Crippen LogP contribution in [-0.2, 0) is 17.9 Å². The van der Waals surface area contributed by atoms with E-state index in [0.717, 1.165) is 11.3 Å². The molecule has 1 aromatic carbocycles. The number of aromatic nitrogens is 6. The zero-order valence-electron chi connectivity index (χ0n) is 13.5. The van der Waals surface area contributed by atoms with Gasteiger partial charge in [-0.3, -0.25) is 4.79 Å². The largest absolute Gasteiger partial charge is 0.341 e. The molecule has 0 saturated heterocycles. The van der Waals surface area contributed by atoms with E-state index in [4.69, 9.17) is 0 Å². The van der Waals surface area contributed by atoms with Gasteiger partial charge in [-0.25, -0.2) is 9.36 Å². The maximum Gasteiger partial charge on any atom is 0.222 e. The minimum absolute atomic E-state index is 0.110. The highest BCUT2D eigenvalue weighted by atomic mass is 16.2. The van der Waals surface area contributed by atoms with Crippen molar-refractivity contribution < 1.29 is 4.79 Å². The molecule has 0 aliphatic carbocycles. The number of rotatable bonds is 7. The second kappa shape index (κ2) is 7.49. The molecular formula is C16H19N7O. The van der Waals surface area contributed by atoms with E-state index in [1.807, 2.05) is 43.6 Å². The number of tetrazole rings is 1. The number of benzene rings is 1. The van der Waals surface area contributed by atoms with Gasteiger partial charge in [-0.1, -0.05) is 12.1 Å². The third-order valence-electron chi connectivity index (χ3n) is 3.72. The first-order chi connectivity index (χ1) is 11.7. The summed E-state index contributed by atoms with van der Waals surface area (Å²) in [7, 11) is 1.82. The summed E-state index contributed by atoms with van der Waals surface area (Å²) in [5.41, 5.74) is 2.08. The minimum atomic E-state index is 0.110. The Labute approximate surface area is 139 Å². The molecule has 3 aromatic rings. The number of hydrogen-bond donors (Lipinski definition) is 0. The number of nitrogens with zero attached hydrogens (tertiary/aromatic N) is 7. The minimum Gasteiger partial charge on any atom is -0.341 e. The van der Waals surface area contributed by atoms with Gasteiger partial charge in [0.15, 0.2) is 0 Å². The Morgan fingerprint density at radius 3 is 2.75 bits per heavy atom. The maximum absolute atomic E-state index is 12.2. The van der Waals surface area contributed by atoms with Crippen molar-refractivity contribution in [3.8, 4) is 5.69 Å². The summed E-state index contributed by atoms with van der Waals surface area (Å²) in [4.78, 5) is 13.9. The molecule has 0 spiro atoms. The molecule has 0 N–H and O–H groups in total. The first kappa shape index (κ1) is 15.9. The molecule has 0 atom stereocenters. The van der Waals surface area contributed by atoms with E-state index in [0.29, 0.717) is 25.9 Å². The van der Waals surface area contributed by atoms with Crippen molar-refractivity contribution >= 4 is 5.91 Å². The molecule has 0 saturated carbocycles. The van der Waals surface area contributed by atoms with Crippen LogP contribution < -0.4 is 0 Å². The number of hydrogen-bond acceptors (Lipinski definition) is 5. The number of amides is 1. The van der Waals surface area contributed by atoms with Gasteiger partial charge in [0.1, 0.15) is 6.33 Å². The van der Waals surface area contributed by atoms with Crippen LogP contribution in [0.1, 0.15) is 18.4 Å². The highest BCUT2D eigenvalue weighted by molar-refractivity contribution is 5.75. The van der Waals surface area contributed by atoms with Gasteiger partial charge < -0.3 is 4.90 Å². The molecule has 124 valence electrons. The highest BCUT2D eigenvalue weighted by Gasteiger charge is 2.09. The number of aryl methyl sites for hydroxylation is 1. The Bertz CT molecular complexity index is 750. The van der Waals surface area contributed by atoms with Crippen LogP contribution in [0.4, 0.5) is 0 Å². The summed E-state index contributed by atoms with van der Waals surface area (Å²) < 4.78 is 3.43. The van der Waals surface area contributed by atoms with E-state index in [1.165, 1.54) is 0 Å². The van der Waals surface area contributed by atoms with E-state index in [1.54, 1.807) is 26.8 Å². The first-order valence-corrected chi connectivity index (χ1v) is 7.76. The van der Waals surface area contributed by atoms with Gasteiger partial charge in [0.05, 0.1) is 5.69 Å². The van der Waals surface area contributed by atoms with Gasteiger partial charge in [-0.15, -0.1) is 5.10 Å². The lowest BCUT2D eigenvalue weighted by atomic mass is 10.2. The predicted octanol–water partition coefficient (Wildman–Crippen LogP) is 1.30. The molecule has 0 unspecified atom stereocenters. The fourth-order valence-corrected chi connectivity index (χ4v) is 2.40. The van der Waals surface area contributed by atoms with Crippen LogP contribution in [0.25, 0.3) is 5.69 Å². The normalized spacial score (nSPS) is 10.7. The zero-order chi connectivity index (χ0) is 16.8. The molecule has 0 radical (unpaired) electrons. The van der Waals surface area contributed by atoms with Gasteiger partial charge >= 0.3 is 0 Å². The first-order valence-electron chi connectivity index (χ1n) is 7.76. The predicted molar refractivity (Wildman–Crippen MR) is 87.1 cm³/mol. The van der Waals surface area contributed by atoms with Crippen LogP contribution in [0.2, 0.25) is 0 Å². The van der Waals surface area contributed by atoms with Crippen molar-refractivity contribution in [2.75, 3.05) is 7.05 Å². The molecular weight excluding hydrogens is 306 g/mol. The van der Waals surface area contributed by atoms with Crippen molar-refractivity contribution in [3.05, 3.63) is 54.6 Å². The Morgan fingerprint density at radius 2 is 2.08 bits per heavy atom. The second-order valence-corrected chi connectivity index (χ2v) is 5.54. The standard InChI is InChI=1S/C16H19N7O/c1-21(16(24)4-2-10-22-13-17-19-20-22)12-14-5-7-15(8-6-14)23-11-3-9-18-23/h3,5-9,11,13H,2,4,10,12H2,1H3. The highest BCUT2D eigenvalue weighted by Crippen LogP contribution is 2.11. The van der Waals surface area contributed by atoms with Gasteiger partial charge in [0, 0.05) is 39.0 Å².